The van der Waals surface area contributed by atoms with Crippen molar-refractivity contribution in [3.8, 4) is 5.75 Å². The van der Waals surface area contributed by atoms with Crippen LogP contribution in [0.1, 0.15) is 30.4 Å². The number of ether oxygens (including phenoxy) is 2. The minimum absolute atomic E-state index is 0.317. The molecule has 0 N–H and O–H groups in total. The third-order valence-electron chi connectivity index (χ3n) is 3.61. The standard InChI is InChI=1S/C14H16FNO3/c1-18-8-10-6-11(12(15)7-13(10)19-2)14(16-9-17)4-3-5-14/h6-7H,3-5,8H2,1-2H3. The minimum atomic E-state index is -0.749. The first-order valence-electron chi connectivity index (χ1n) is 6.11. The Kier molecular flexibility index (Phi) is 3.98. The van der Waals surface area contributed by atoms with E-state index in [-0.39, 0.29) is 0 Å². The second kappa shape index (κ2) is 5.51. The molecule has 4 nitrogen and oxygen atoms in total. The van der Waals surface area contributed by atoms with Crippen LogP contribution in [0.2, 0.25) is 0 Å². The molecule has 19 heavy (non-hydrogen) atoms. The van der Waals surface area contributed by atoms with Crippen molar-refractivity contribution < 1.29 is 18.7 Å². The molecular weight excluding hydrogens is 249 g/mol. The van der Waals surface area contributed by atoms with Gasteiger partial charge in [0, 0.05) is 24.3 Å². The average molecular weight is 265 g/mol. The third-order valence-corrected chi connectivity index (χ3v) is 3.61. The Morgan fingerprint density at radius 1 is 1.42 bits per heavy atom. The summed E-state index contributed by atoms with van der Waals surface area (Å²) in [4.78, 5) is 14.4. The minimum Gasteiger partial charge on any atom is -0.496 e. The predicted molar refractivity (Wildman–Crippen MR) is 67.3 cm³/mol. The highest BCUT2D eigenvalue weighted by atomic mass is 19.1. The third kappa shape index (κ3) is 2.39. The molecule has 0 saturated heterocycles. The van der Waals surface area contributed by atoms with Crippen molar-refractivity contribution in [1.82, 2.24) is 0 Å². The van der Waals surface area contributed by atoms with E-state index in [4.69, 9.17) is 9.47 Å². The smallest absolute Gasteiger partial charge is 0.235 e. The van der Waals surface area contributed by atoms with E-state index in [0.717, 1.165) is 12.0 Å². The van der Waals surface area contributed by atoms with Gasteiger partial charge < -0.3 is 9.47 Å². The summed E-state index contributed by atoms with van der Waals surface area (Å²) in [5, 5.41) is 0. The monoisotopic (exact) mass is 265 g/mol. The summed E-state index contributed by atoms with van der Waals surface area (Å²) in [5.74, 6) is 0.0306. The molecule has 0 atom stereocenters. The van der Waals surface area contributed by atoms with Gasteiger partial charge in [0.15, 0.2) is 0 Å². The van der Waals surface area contributed by atoms with Crippen LogP contribution in [0, 0.1) is 5.82 Å². The number of benzene rings is 1. The highest BCUT2D eigenvalue weighted by Crippen LogP contribution is 2.46. The zero-order valence-corrected chi connectivity index (χ0v) is 11.0. The molecule has 0 aromatic heterocycles. The Labute approximate surface area is 111 Å². The average Bonchev–Trinajstić information content (AvgIpc) is 2.36. The van der Waals surface area contributed by atoms with Gasteiger partial charge in [-0.1, -0.05) is 0 Å². The maximum atomic E-state index is 14.2. The maximum absolute atomic E-state index is 14.2. The van der Waals surface area contributed by atoms with Gasteiger partial charge in [-0.15, -0.1) is 0 Å². The van der Waals surface area contributed by atoms with E-state index in [1.165, 1.54) is 13.2 Å². The molecule has 0 unspecified atom stereocenters. The lowest BCUT2D eigenvalue weighted by atomic mass is 9.72. The van der Waals surface area contributed by atoms with Crippen LogP contribution in [-0.2, 0) is 21.7 Å². The highest BCUT2D eigenvalue weighted by Gasteiger charge is 2.41. The summed E-state index contributed by atoms with van der Waals surface area (Å²) >= 11 is 0. The predicted octanol–water partition coefficient (Wildman–Crippen LogP) is 2.70. The van der Waals surface area contributed by atoms with E-state index in [9.17, 15) is 9.18 Å². The van der Waals surface area contributed by atoms with Gasteiger partial charge in [0.2, 0.25) is 6.08 Å². The fourth-order valence-electron chi connectivity index (χ4n) is 2.46. The molecule has 1 aliphatic rings. The summed E-state index contributed by atoms with van der Waals surface area (Å²) in [6.45, 7) is 0.317. The number of hydrogen-bond donors (Lipinski definition) is 0. The lowest BCUT2D eigenvalue weighted by molar-refractivity contribution is 0.180. The molecule has 2 rings (SSSR count). The van der Waals surface area contributed by atoms with Crippen LogP contribution in [0.4, 0.5) is 4.39 Å². The summed E-state index contributed by atoms with van der Waals surface area (Å²) in [7, 11) is 3.04. The number of nitrogens with zero attached hydrogens (tertiary/aromatic N) is 1. The molecule has 1 saturated carbocycles. The van der Waals surface area contributed by atoms with E-state index in [1.807, 2.05) is 0 Å². The largest absolute Gasteiger partial charge is 0.496 e. The summed E-state index contributed by atoms with van der Waals surface area (Å²) in [6, 6.07) is 3.00. The molecule has 1 aromatic carbocycles. The van der Waals surface area contributed by atoms with Gasteiger partial charge in [-0.05, 0) is 25.3 Å². The van der Waals surface area contributed by atoms with Crippen LogP contribution < -0.4 is 4.74 Å². The Balaban J connectivity index is 2.50. The van der Waals surface area contributed by atoms with Crippen molar-refractivity contribution in [1.29, 1.82) is 0 Å². The highest BCUT2D eigenvalue weighted by molar-refractivity contribution is 5.45. The molecule has 1 aromatic rings. The van der Waals surface area contributed by atoms with Crippen LogP contribution in [0.25, 0.3) is 0 Å². The van der Waals surface area contributed by atoms with E-state index in [2.05, 4.69) is 4.99 Å². The molecule has 102 valence electrons. The van der Waals surface area contributed by atoms with Crippen molar-refractivity contribution >= 4 is 6.08 Å². The normalized spacial score (nSPS) is 16.4. The number of aliphatic imine (C=N–C) groups is 1. The second-order valence-corrected chi connectivity index (χ2v) is 4.67. The van der Waals surface area contributed by atoms with Crippen molar-refractivity contribution in [3.05, 3.63) is 29.1 Å². The van der Waals surface area contributed by atoms with E-state index < -0.39 is 11.4 Å². The first kappa shape index (κ1) is 13.7. The maximum Gasteiger partial charge on any atom is 0.235 e. The molecule has 0 amide bonds. The molecule has 5 heteroatoms. The summed E-state index contributed by atoms with van der Waals surface area (Å²) in [6.07, 6.45) is 3.82. The van der Waals surface area contributed by atoms with Crippen LogP contribution in [0.15, 0.2) is 17.1 Å². The van der Waals surface area contributed by atoms with E-state index in [1.54, 1.807) is 19.3 Å². The zero-order chi connectivity index (χ0) is 13.9. The fourth-order valence-corrected chi connectivity index (χ4v) is 2.46. The summed E-state index contributed by atoms with van der Waals surface area (Å²) in [5.41, 5.74) is 0.421. The molecule has 0 radical (unpaired) electrons. The van der Waals surface area contributed by atoms with Crippen LogP contribution in [0.3, 0.4) is 0 Å². The molecule has 0 aliphatic heterocycles. The summed E-state index contributed by atoms with van der Waals surface area (Å²) < 4.78 is 24.4. The van der Waals surface area contributed by atoms with Gasteiger partial charge >= 0.3 is 0 Å². The lowest BCUT2D eigenvalue weighted by Gasteiger charge is -2.37. The molecule has 0 bridgehead atoms. The van der Waals surface area contributed by atoms with Gasteiger partial charge in [0.05, 0.1) is 13.7 Å². The van der Waals surface area contributed by atoms with Crippen molar-refractivity contribution in [2.75, 3.05) is 14.2 Å². The van der Waals surface area contributed by atoms with Gasteiger partial charge in [0.25, 0.3) is 0 Å². The molecular formula is C14H16FNO3. The SMILES string of the molecule is COCc1cc(C2(N=C=O)CCC2)c(F)cc1OC. The number of halogens is 1. The van der Waals surface area contributed by atoms with Gasteiger partial charge in [-0.3, -0.25) is 0 Å². The van der Waals surface area contributed by atoms with Crippen molar-refractivity contribution in [2.45, 2.75) is 31.4 Å². The molecule has 0 spiro atoms. The molecule has 1 fully saturated rings. The second-order valence-electron chi connectivity index (χ2n) is 4.67. The molecule has 0 heterocycles. The van der Waals surface area contributed by atoms with Crippen LogP contribution >= 0.6 is 0 Å². The Morgan fingerprint density at radius 3 is 2.63 bits per heavy atom. The topological polar surface area (TPSA) is 47.9 Å². The Hall–Kier alpha value is -1.71. The fraction of sp³-hybridized carbons (Fsp3) is 0.500. The van der Waals surface area contributed by atoms with Gasteiger partial charge in [-0.2, -0.15) is 4.99 Å². The number of rotatable bonds is 5. The quantitative estimate of drug-likeness (QED) is 0.607. The van der Waals surface area contributed by atoms with E-state index >= 15 is 0 Å². The zero-order valence-electron chi connectivity index (χ0n) is 11.0. The number of hydrogen-bond acceptors (Lipinski definition) is 4. The number of carbonyl (C=O) groups excluding carboxylic acids is 1. The Morgan fingerprint density at radius 2 is 2.16 bits per heavy atom. The van der Waals surface area contributed by atoms with E-state index in [0.29, 0.717) is 30.8 Å². The Bertz CT molecular complexity index is 520. The first-order valence-corrected chi connectivity index (χ1v) is 6.11. The number of methoxy groups -OCH3 is 2. The van der Waals surface area contributed by atoms with Gasteiger partial charge in [0.1, 0.15) is 17.1 Å². The van der Waals surface area contributed by atoms with Crippen LogP contribution in [-0.4, -0.2) is 20.3 Å². The molecule has 1 aliphatic carbocycles. The van der Waals surface area contributed by atoms with Crippen LogP contribution in [0.5, 0.6) is 5.75 Å². The van der Waals surface area contributed by atoms with Gasteiger partial charge in [-0.25, -0.2) is 9.18 Å². The number of isocyanates is 1. The van der Waals surface area contributed by atoms with Crippen molar-refractivity contribution in [3.63, 3.8) is 0 Å². The van der Waals surface area contributed by atoms with Crippen molar-refractivity contribution in [2.24, 2.45) is 4.99 Å². The lowest BCUT2D eigenvalue weighted by Crippen LogP contribution is -2.33. The first-order chi connectivity index (χ1) is 9.16.